The van der Waals surface area contributed by atoms with Crippen LogP contribution >= 0.6 is 0 Å². The Hall–Kier alpha value is -2.14. The zero-order valence-corrected chi connectivity index (χ0v) is 10.0. The second-order valence-electron chi connectivity index (χ2n) is 3.89. The van der Waals surface area contributed by atoms with Crippen LogP contribution in [0.2, 0.25) is 0 Å². The van der Waals surface area contributed by atoms with Crippen LogP contribution in [-0.2, 0) is 11.3 Å². The highest BCUT2D eigenvalue weighted by Crippen LogP contribution is 2.12. The first-order valence-electron chi connectivity index (χ1n) is 5.86. The Bertz CT molecular complexity index is 507. The fraction of sp³-hybridized carbons (Fsp3) is 0.231. The van der Waals surface area contributed by atoms with Crippen molar-refractivity contribution in [1.29, 1.82) is 0 Å². The molecule has 0 unspecified atom stereocenters. The van der Waals surface area contributed by atoms with E-state index in [1.807, 2.05) is 36.5 Å². The highest BCUT2D eigenvalue weighted by Gasteiger charge is 2.05. The van der Waals surface area contributed by atoms with Gasteiger partial charge in [-0.15, -0.1) is 0 Å². The molecule has 0 aliphatic carbocycles. The molecule has 0 atom stereocenters. The highest BCUT2D eigenvalue weighted by atomic mass is 16.1. The summed E-state index contributed by atoms with van der Waals surface area (Å²) in [4.78, 5) is 11.4. The maximum absolute atomic E-state index is 11.4. The van der Waals surface area contributed by atoms with Gasteiger partial charge in [0, 0.05) is 31.9 Å². The summed E-state index contributed by atoms with van der Waals surface area (Å²) in [6.07, 6.45) is 3.95. The minimum absolute atomic E-state index is 0.0345. The number of amides is 1. The molecule has 5 nitrogen and oxygen atoms in total. The minimum atomic E-state index is -0.0345. The van der Waals surface area contributed by atoms with Crippen molar-refractivity contribution in [3.05, 3.63) is 48.3 Å². The van der Waals surface area contributed by atoms with Gasteiger partial charge in [-0.1, -0.05) is 18.2 Å². The summed E-state index contributed by atoms with van der Waals surface area (Å²) in [5.41, 5.74) is 7.32. The number of carbonyl (C=O) groups excluding carboxylic acids is 1. The lowest BCUT2D eigenvalue weighted by Crippen LogP contribution is -2.25. The maximum atomic E-state index is 11.4. The minimum Gasteiger partial charge on any atom is -0.352 e. The van der Waals surface area contributed by atoms with Crippen molar-refractivity contribution in [2.24, 2.45) is 5.73 Å². The van der Waals surface area contributed by atoms with Crippen molar-refractivity contribution in [2.75, 3.05) is 6.54 Å². The van der Waals surface area contributed by atoms with E-state index < -0.39 is 0 Å². The number of carbonyl (C=O) groups is 1. The molecule has 0 spiro atoms. The van der Waals surface area contributed by atoms with Gasteiger partial charge in [-0.3, -0.25) is 4.79 Å². The van der Waals surface area contributed by atoms with Crippen LogP contribution in [-0.4, -0.2) is 22.2 Å². The zero-order valence-electron chi connectivity index (χ0n) is 10.0. The third-order valence-electron chi connectivity index (χ3n) is 2.59. The molecule has 0 aliphatic heterocycles. The number of para-hydroxylation sites is 1. The van der Waals surface area contributed by atoms with Gasteiger partial charge in [-0.2, -0.15) is 5.10 Å². The van der Waals surface area contributed by atoms with Crippen molar-refractivity contribution in [1.82, 2.24) is 15.1 Å². The summed E-state index contributed by atoms with van der Waals surface area (Å²) in [6.45, 7) is 0.849. The van der Waals surface area contributed by atoms with Crippen LogP contribution in [0.5, 0.6) is 0 Å². The fourth-order valence-corrected chi connectivity index (χ4v) is 1.71. The second-order valence-corrected chi connectivity index (χ2v) is 3.89. The summed E-state index contributed by atoms with van der Waals surface area (Å²) < 4.78 is 1.78. The van der Waals surface area contributed by atoms with Gasteiger partial charge in [-0.25, -0.2) is 4.68 Å². The summed E-state index contributed by atoms with van der Waals surface area (Å²) in [7, 11) is 0. The summed E-state index contributed by atoms with van der Waals surface area (Å²) >= 11 is 0. The van der Waals surface area contributed by atoms with Gasteiger partial charge in [0.1, 0.15) is 0 Å². The van der Waals surface area contributed by atoms with E-state index in [4.69, 9.17) is 5.73 Å². The van der Waals surface area contributed by atoms with E-state index in [1.54, 1.807) is 10.9 Å². The Labute approximate surface area is 106 Å². The summed E-state index contributed by atoms with van der Waals surface area (Å²) in [6, 6.07) is 9.70. The van der Waals surface area contributed by atoms with Crippen LogP contribution in [0.25, 0.3) is 5.69 Å². The predicted octanol–water partition coefficient (Wildman–Crippen LogP) is 0.837. The van der Waals surface area contributed by atoms with Gasteiger partial charge < -0.3 is 11.1 Å². The molecule has 18 heavy (non-hydrogen) atoms. The van der Waals surface area contributed by atoms with Crippen molar-refractivity contribution < 1.29 is 4.79 Å². The topological polar surface area (TPSA) is 72.9 Å². The van der Waals surface area contributed by atoms with E-state index in [9.17, 15) is 4.79 Å². The Morgan fingerprint density at radius 2 is 2.17 bits per heavy atom. The van der Waals surface area contributed by atoms with Crippen LogP contribution in [0.3, 0.4) is 0 Å². The number of hydrogen-bond acceptors (Lipinski definition) is 3. The predicted molar refractivity (Wildman–Crippen MR) is 69.1 cm³/mol. The van der Waals surface area contributed by atoms with E-state index in [-0.39, 0.29) is 5.91 Å². The molecule has 1 aromatic heterocycles. The van der Waals surface area contributed by atoms with Crippen LogP contribution < -0.4 is 11.1 Å². The lowest BCUT2D eigenvalue weighted by Gasteiger charge is -2.10. The van der Waals surface area contributed by atoms with Crippen LogP contribution in [0.1, 0.15) is 12.0 Å². The smallest absolute Gasteiger partial charge is 0.221 e. The zero-order chi connectivity index (χ0) is 12.8. The molecule has 0 radical (unpaired) electrons. The second kappa shape index (κ2) is 5.97. The molecule has 5 heteroatoms. The largest absolute Gasteiger partial charge is 0.352 e. The number of nitrogens with two attached hydrogens (primary N) is 1. The Balaban J connectivity index is 2.11. The number of rotatable bonds is 5. The molecule has 0 aliphatic rings. The van der Waals surface area contributed by atoms with Gasteiger partial charge in [0.05, 0.1) is 5.69 Å². The molecular weight excluding hydrogens is 228 g/mol. The van der Waals surface area contributed by atoms with Crippen LogP contribution in [0.15, 0.2) is 42.7 Å². The van der Waals surface area contributed by atoms with Crippen molar-refractivity contribution in [2.45, 2.75) is 13.0 Å². The third-order valence-corrected chi connectivity index (χ3v) is 2.59. The first kappa shape index (κ1) is 12.3. The number of aromatic nitrogens is 2. The van der Waals surface area contributed by atoms with E-state index >= 15 is 0 Å². The number of nitrogens with zero attached hydrogens (tertiary/aromatic N) is 2. The first-order chi connectivity index (χ1) is 8.81. The van der Waals surface area contributed by atoms with Gasteiger partial charge in [-0.05, 0) is 17.7 Å². The van der Waals surface area contributed by atoms with Gasteiger partial charge in [0.25, 0.3) is 0 Å². The monoisotopic (exact) mass is 244 g/mol. The Kier molecular flexibility index (Phi) is 4.09. The molecule has 94 valence electrons. The SMILES string of the molecule is NCCC(=O)NCc1ccccc1-n1cccn1. The lowest BCUT2D eigenvalue weighted by molar-refractivity contribution is -0.121. The first-order valence-corrected chi connectivity index (χ1v) is 5.86. The van der Waals surface area contributed by atoms with E-state index in [0.29, 0.717) is 19.5 Å². The van der Waals surface area contributed by atoms with Crippen molar-refractivity contribution in [3.63, 3.8) is 0 Å². The average molecular weight is 244 g/mol. The van der Waals surface area contributed by atoms with Gasteiger partial charge in [0.2, 0.25) is 5.91 Å². The number of nitrogens with one attached hydrogen (secondary N) is 1. The highest BCUT2D eigenvalue weighted by molar-refractivity contribution is 5.76. The van der Waals surface area contributed by atoms with Gasteiger partial charge >= 0.3 is 0 Å². The summed E-state index contributed by atoms with van der Waals surface area (Å²) in [5, 5.41) is 7.04. The van der Waals surface area contributed by atoms with Crippen molar-refractivity contribution in [3.8, 4) is 5.69 Å². The molecule has 0 saturated heterocycles. The molecular formula is C13H16N4O. The molecule has 1 aromatic carbocycles. The number of benzene rings is 1. The molecule has 0 saturated carbocycles. The number of hydrogen-bond donors (Lipinski definition) is 2. The van der Waals surface area contributed by atoms with Crippen LogP contribution in [0.4, 0.5) is 0 Å². The van der Waals surface area contributed by atoms with E-state index in [2.05, 4.69) is 10.4 Å². The third kappa shape index (κ3) is 2.95. The Morgan fingerprint density at radius 1 is 1.33 bits per heavy atom. The normalized spacial score (nSPS) is 10.3. The lowest BCUT2D eigenvalue weighted by atomic mass is 10.1. The molecule has 1 amide bonds. The van der Waals surface area contributed by atoms with E-state index in [1.165, 1.54) is 0 Å². The molecule has 2 rings (SSSR count). The van der Waals surface area contributed by atoms with Gasteiger partial charge in [0.15, 0.2) is 0 Å². The molecule has 3 N–H and O–H groups in total. The standard InChI is InChI=1S/C13H16N4O/c14-7-6-13(18)15-10-11-4-1-2-5-12(11)17-9-3-8-16-17/h1-5,8-9H,6-7,10,14H2,(H,15,18). The van der Waals surface area contributed by atoms with Crippen LogP contribution in [0, 0.1) is 0 Å². The van der Waals surface area contributed by atoms with E-state index in [0.717, 1.165) is 11.3 Å². The maximum Gasteiger partial charge on any atom is 0.221 e. The Morgan fingerprint density at radius 3 is 2.89 bits per heavy atom. The fourth-order valence-electron chi connectivity index (χ4n) is 1.71. The summed E-state index contributed by atoms with van der Waals surface area (Å²) in [5.74, 6) is -0.0345. The molecule has 1 heterocycles. The molecule has 0 fully saturated rings. The molecule has 0 bridgehead atoms. The van der Waals surface area contributed by atoms with Crippen molar-refractivity contribution >= 4 is 5.91 Å². The quantitative estimate of drug-likeness (QED) is 0.818. The molecule has 2 aromatic rings. The average Bonchev–Trinajstić information content (AvgIpc) is 2.91.